The van der Waals surface area contributed by atoms with Gasteiger partial charge in [-0.25, -0.2) is 4.98 Å². The van der Waals surface area contributed by atoms with Gasteiger partial charge in [0, 0.05) is 32.6 Å². The van der Waals surface area contributed by atoms with E-state index in [1.165, 1.54) is 11.1 Å². The number of carbonyl (C=O) groups excluding carboxylic acids is 1. The standard InChI is InChI=1S/C19H25N5OS/c1-14-22-17(13-26-14)12-23(3)19(20-2)21-10-18(25)24-9-8-15-6-4-5-7-16(15)11-24/h4-7,13H,8-12H2,1-3H3,(H,20,21). The van der Waals surface area contributed by atoms with E-state index in [4.69, 9.17) is 0 Å². The normalized spacial score (nSPS) is 14.1. The molecule has 0 aliphatic carbocycles. The molecule has 0 unspecified atom stereocenters. The van der Waals surface area contributed by atoms with Gasteiger partial charge in [-0.3, -0.25) is 9.79 Å². The number of aromatic nitrogens is 1. The summed E-state index contributed by atoms with van der Waals surface area (Å²) in [4.78, 5) is 25.2. The minimum Gasteiger partial charge on any atom is -0.347 e. The topological polar surface area (TPSA) is 60.8 Å². The van der Waals surface area contributed by atoms with E-state index >= 15 is 0 Å². The van der Waals surface area contributed by atoms with Crippen LogP contribution in [0.1, 0.15) is 21.8 Å². The van der Waals surface area contributed by atoms with E-state index in [0.29, 0.717) is 19.0 Å². The highest BCUT2D eigenvalue weighted by atomic mass is 32.1. The van der Waals surface area contributed by atoms with Crippen LogP contribution in [0.25, 0.3) is 0 Å². The predicted molar refractivity (Wildman–Crippen MR) is 105 cm³/mol. The fourth-order valence-electron chi connectivity index (χ4n) is 3.16. The lowest BCUT2D eigenvalue weighted by Crippen LogP contribution is -2.46. The van der Waals surface area contributed by atoms with Gasteiger partial charge < -0.3 is 15.1 Å². The van der Waals surface area contributed by atoms with Crippen molar-refractivity contribution in [3.8, 4) is 0 Å². The largest absolute Gasteiger partial charge is 0.347 e. The number of rotatable bonds is 4. The predicted octanol–water partition coefficient (Wildman–Crippen LogP) is 2.04. The third-order valence-electron chi connectivity index (χ3n) is 4.52. The maximum Gasteiger partial charge on any atom is 0.242 e. The second-order valence-corrected chi connectivity index (χ2v) is 7.51. The number of hydrogen-bond acceptors (Lipinski definition) is 4. The van der Waals surface area contributed by atoms with E-state index < -0.39 is 0 Å². The highest BCUT2D eigenvalue weighted by Gasteiger charge is 2.20. The van der Waals surface area contributed by atoms with E-state index in [0.717, 1.165) is 23.7 Å². The molecule has 0 spiro atoms. The molecule has 7 heteroatoms. The maximum absolute atomic E-state index is 12.6. The first kappa shape index (κ1) is 18.4. The van der Waals surface area contributed by atoms with Gasteiger partial charge in [0.25, 0.3) is 0 Å². The van der Waals surface area contributed by atoms with Crippen LogP contribution in [-0.4, -0.2) is 53.8 Å². The number of hydrogen-bond donors (Lipinski definition) is 1. The summed E-state index contributed by atoms with van der Waals surface area (Å²) < 4.78 is 0. The van der Waals surface area contributed by atoms with Crippen molar-refractivity contribution in [2.75, 3.05) is 27.2 Å². The summed E-state index contributed by atoms with van der Waals surface area (Å²) in [6.07, 6.45) is 0.916. The SMILES string of the molecule is CN=C(NCC(=O)N1CCc2ccccc2C1)N(C)Cc1csc(C)n1. The van der Waals surface area contributed by atoms with Crippen molar-refractivity contribution in [1.29, 1.82) is 0 Å². The van der Waals surface area contributed by atoms with E-state index in [1.807, 2.05) is 29.8 Å². The van der Waals surface area contributed by atoms with Gasteiger partial charge in [-0.1, -0.05) is 24.3 Å². The van der Waals surface area contributed by atoms with E-state index in [-0.39, 0.29) is 12.5 Å². The quantitative estimate of drug-likeness (QED) is 0.660. The van der Waals surface area contributed by atoms with Crippen LogP contribution in [0.3, 0.4) is 0 Å². The lowest BCUT2D eigenvalue weighted by atomic mass is 10.00. The Balaban J connectivity index is 1.53. The number of guanidine groups is 1. The van der Waals surface area contributed by atoms with Crippen LogP contribution in [0.5, 0.6) is 0 Å². The minimum absolute atomic E-state index is 0.0959. The number of nitrogens with zero attached hydrogens (tertiary/aromatic N) is 4. The Labute approximate surface area is 158 Å². The molecule has 1 amide bonds. The van der Waals surface area contributed by atoms with Crippen molar-refractivity contribution in [2.24, 2.45) is 4.99 Å². The van der Waals surface area contributed by atoms with Crippen LogP contribution >= 0.6 is 11.3 Å². The number of benzene rings is 1. The molecule has 26 heavy (non-hydrogen) atoms. The molecule has 1 aromatic heterocycles. The maximum atomic E-state index is 12.6. The van der Waals surface area contributed by atoms with Crippen LogP contribution in [0.2, 0.25) is 0 Å². The molecule has 0 atom stereocenters. The minimum atomic E-state index is 0.0959. The molecule has 1 N–H and O–H groups in total. The highest BCUT2D eigenvalue weighted by Crippen LogP contribution is 2.18. The number of fused-ring (bicyclic) bond motifs is 1. The Bertz CT molecular complexity index is 801. The second kappa shape index (κ2) is 8.31. The third-order valence-corrected chi connectivity index (χ3v) is 5.34. The number of amides is 1. The average molecular weight is 372 g/mol. The van der Waals surface area contributed by atoms with Crippen LogP contribution in [0, 0.1) is 6.92 Å². The third kappa shape index (κ3) is 4.40. The summed E-state index contributed by atoms with van der Waals surface area (Å²) in [6.45, 7) is 4.36. The van der Waals surface area contributed by atoms with Crippen molar-refractivity contribution >= 4 is 23.2 Å². The molecule has 0 radical (unpaired) electrons. The second-order valence-electron chi connectivity index (χ2n) is 6.45. The molecule has 0 bridgehead atoms. The molecule has 2 heterocycles. The summed E-state index contributed by atoms with van der Waals surface area (Å²) in [5, 5.41) is 6.28. The van der Waals surface area contributed by atoms with E-state index in [9.17, 15) is 4.79 Å². The number of thiazole rings is 1. The van der Waals surface area contributed by atoms with Crippen molar-refractivity contribution in [3.63, 3.8) is 0 Å². The van der Waals surface area contributed by atoms with Crippen molar-refractivity contribution < 1.29 is 4.79 Å². The van der Waals surface area contributed by atoms with E-state index in [1.54, 1.807) is 18.4 Å². The monoisotopic (exact) mass is 371 g/mol. The molecule has 1 aliphatic heterocycles. The lowest BCUT2D eigenvalue weighted by Gasteiger charge is -2.29. The average Bonchev–Trinajstić information content (AvgIpc) is 3.06. The molecule has 138 valence electrons. The van der Waals surface area contributed by atoms with Gasteiger partial charge in [0.1, 0.15) is 0 Å². The molecular formula is C19H25N5OS. The molecule has 0 fully saturated rings. The number of carbonyl (C=O) groups is 1. The highest BCUT2D eigenvalue weighted by molar-refractivity contribution is 7.09. The van der Waals surface area contributed by atoms with Gasteiger partial charge in [-0.05, 0) is 24.5 Å². The molecule has 1 aliphatic rings. The van der Waals surface area contributed by atoms with Crippen LogP contribution in [-0.2, 0) is 24.3 Å². The Morgan fingerprint density at radius 1 is 1.38 bits per heavy atom. The Hall–Kier alpha value is -2.41. The molecule has 6 nitrogen and oxygen atoms in total. The fraction of sp³-hybridized carbons (Fsp3) is 0.421. The first-order valence-corrected chi connectivity index (χ1v) is 9.62. The first-order valence-electron chi connectivity index (χ1n) is 8.74. The number of aliphatic imine (C=N–C) groups is 1. The van der Waals surface area contributed by atoms with Gasteiger partial charge in [0.05, 0.1) is 23.8 Å². The molecule has 3 rings (SSSR count). The Morgan fingerprint density at radius 3 is 2.85 bits per heavy atom. The Morgan fingerprint density at radius 2 is 2.15 bits per heavy atom. The van der Waals surface area contributed by atoms with Gasteiger partial charge in [0.2, 0.25) is 5.91 Å². The summed E-state index contributed by atoms with van der Waals surface area (Å²) in [7, 11) is 3.68. The first-order chi connectivity index (χ1) is 12.6. The zero-order valence-corrected chi connectivity index (χ0v) is 16.3. The molecule has 0 saturated heterocycles. The van der Waals surface area contributed by atoms with Crippen molar-refractivity contribution in [3.05, 3.63) is 51.5 Å². The number of nitrogens with one attached hydrogen (secondary N) is 1. The smallest absolute Gasteiger partial charge is 0.242 e. The van der Waals surface area contributed by atoms with Crippen LogP contribution in [0.4, 0.5) is 0 Å². The van der Waals surface area contributed by atoms with Gasteiger partial charge in [0.15, 0.2) is 5.96 Å². The Kier molecular flexibility index (Phi) is 5.88. The fourth-order valence-corrected chi connectivity index (χ4v) is 3.76. The lowest BCUT2D eigenvalue weighted by molar-refractivity contribution is -0.130. The van der Waals surface area contributed by atoms with Gasteiger partial charge in [-0.15, -0.1) is 11.3 Å². The van der Waals surface area contributed by atoms with Crippen LogP contribution < -0.4 is 5.32 Å². The summed E-state index contributed by atoms with van der Waals surface area (Å²) in [6, 6.07) is 8.33. The number of aryl methyl sites for hydroxylation is 1. The van der Waals surface area contributed by atoms with Gasteiger partial charge >= 0.3 is 0 Å². The molecule has 1 aromatic carbocycles. The van der Waals surface area contributed by atoms with Crippen LogP contribution in [0.15, 0.2) is 34.6 Å². The molecular weight excluding hydrogens is 346 g/mol. The zero-order chi connectivity index (χ0) is 18.5. The van der Waals surface area contributed by atoms with E-state index in [2.05, 4.69) is 38.9 Å². The summed E-state index contributed by atoms with van der Waals surface area (Å²) in [5.74, 6) is 0.792. The van der Waals surface area contributed by atoms with Gasteiger partial charge in [-0.2, -0.15) is 0 Å². The van der Waals surface area contributed by atoms with Crippen molar-refractivity contribution in [1.82, 2.24) is 20.1 Å². The summed E-state index contributed by atoms with van der Waals surface area (Å²) >= 11 is 1.64. The zero-order valence-electron chi connectivity index (χ0n) is 15.5. The van der Waals surface area contributed by atoms with Crippen molar-refractivity contribution in [2.45, 2.75) is 26.4 Å². The summed E-state index contributed by atoms with van der Waals surface area (Å²) in [5.41, 5.74) is 3.60. The molecule has 2 aromatic rings. The molecule has 0 saturated carbocycles.